The van der Waals surface area contributed by atoms with Crippen molar-refractivity contribution >= 4 is 63.4 Å². The highest BCUT2D eigenvalue weighted by molar-refractivity contribution is 7.82. The van der Waals surface area contributed by atoms with Crippen LogP contribution in [0.3, 0.4) is 0 Å². The van der Waals surface area contributed by atoms with E-state index in [9.17, 15) is 27.7 Å². The van der Waals surface area contributed by atoms with Crippen molar-refractivity contribution < 1.29 is 41.2 Å². The van der Waals surface area contributed by atoms with E-state index in [1.165, 1.54) is 29.2 Å². The second-order valence-electron chi connectivity index (χ2n) is 13.5. The van der Waals surface area contributed by atoms with E-state index >= 15 is 8.78 Å². The van der Waals surface area contributed by atoms with Gasteiger partial charge in [-0.15, -0.1) is 0 Å². The normalized spacial score (nSPS) is 16.2. The third-order valence-corrected chi connectivity index (χ3v) is 11.8. The summed E-state index contributed by atoms with van der Waals surface area (Å²) >= 11 is 17.8. The molecule has 15 heteroatoms. The summed E-state index contributed by atoms with van der Waals surface area (Å²) in [5.41, 5.74) is 3.37. The second kappa shape index (κ2) is 15.2. The first kappa shape index (κ1) is 37.6. The highest BCUT2D eigenvalue weighted by Crippen LogP contribution is 2.46. The van der Waals surface area contributed by atoms with E-state index in [-0.39, 0.29) is 40.2 Å². The molecule has 1 unspecified atom stereocenters. The largest absolute Gasteiger partial charge is 0.488 e. The van der Waals surface area contributed by atoms with Gasteiger partial charge in [0.05, 0.1) is 30.4 Å². The Bertz CT molecular complexity index is 2100. The molecule has 1 amide bonds. The quantitative estimate of drug-likeness (QED) is 0.0779. The Morgan fingerprint density at radius 3 is 1.96 bits per heavy atom. The molecule has 3 aliphatic carbocycles. The summed E-state index contributed by atoms with van der Waals surface area (Å²) in [6.45, 7) is -1.31. The number of hydrogen-bond acceptors (Lipinski definition) is 4. The van der Waals surface area contributed by atoms with Gasteiger partial charge < -0.3 is 14.7 Å². The molecule has 0 spiro atoms. The minimum absolute atomic E-state index is 0.0265. The molecule has 0 bridgehead atoms. The van der Waals surface area contributed by atoms with Crippen LogP contribution in [0.4, 0.5) is 23.2 Å². The lowest BCUT2D eigenvalue weighted by Gasteiger charge is -2.29. The molecule has 4 aromatic carbocycles. The predicted molar refractivity (Wildman–Crippen MR) is 193 cm³/mol. The van der Waals surface area contributed by atoms with E-state index in [0.29, 0.717) is 11.8 Å². The molecule has 278 valence electrons. The summed E-state index contributed by atoms with van der Waals surface area (Å²) in [6, 6.07) is 13.7. The van der Waals surface area contributed by atoms with Crippen LogP contribution in [0.2, 0.25) is 15.1 Å². The minimum Gasteiger partial charge on any atom is -0.488 e. The Balaban J connectivity index is 1.32. The van der Waals surface area contributed by atoms with Gasteiger partial charge in [0.15, 0.2) is 17.5 Å². The van der Waals surface area contributed by atoms with Crippen molar-refractivity contribution in [2.45, 2.75) is 74.4 Å². The number of aromatic carboxylic acids is 1. The van der Waals surface area contributed by atoms with Gasteiger partial charge in [0.2, 0.25) is 5.91 Å². The molecular weight excluding hydrogens is 779 g/mol. The first-order valence-corrected chi connectivity index (χ1v) is 19.1. The number of benzene rings is 4. The van der Waals surface area contributed by atoms with E-state index in [4.69, 9.17) is 39.5 Å². The van der Waals surface area contributed by atoms with Gasteiger partial charge in [0, 0.05) is 11.6 Å². The molecule has 1 atom stereocenters. The maximum absolute atomic E-state index is 15.4. The maximum atomic E-state index is 15.4. The van der Waals surface area contributed by atoms with Crippen LogP contribution in [0.5, 0.6) is 5.75 Å². The van der Waals surface area contributed by atoms with Crippen LogP contribution in [0.1, 0.15) is 83.0 Å². The van der Waals surface area contributed by atoms with Crippen LogP contribution in [0.25, 0.3) is 0 Å². The Hall–Kier alpha value is -3.68. The number of amides is 1. The van der Waals surface area contributed by atoms with Crippen molar-refractivity contribution in [1.82, 2.24) is 4.31 Å². The average Bonchev–Trinajstić information content (AvgIpc) is 3.95. The van der Waals surface area contributed by atoms with Gasteiger partial charge in [-0.1, -0.05) is 59.1 Å². The predicted octanol–water partition coefficient (Wildman–Crippen LogP) is 9.96. The summed E-state index contributed by atoms with van der Waals surface area (Å²) in [5, 5.41) is 7.24. The van der Waals surface area contributed by atoms with E-state index in [1.807, 2.05) is 12.1 Å². The third kappa shape index (κ3) is 8.37. The number of carboxylic acids is 1. The lowest BCUT2D eigenvalue weighted by atomic mass is 9.99. The van der Waals surface area contributed by atoms with Crippen LogP contribution >= 0.6 is 34.8 Å². The number of carbonyl (C=O) groups excluding carboxylic acids is 1. The average molecular weight is 810 g/mol. The van der Waals surface area contributed by atoms with Gasteiger partial charge >= 0.3 is 5.97 Å². The van der Waals surface area contributed by atoms with E-state index in [1.54, 1.807) is 0 Å². The molecule has 0 aliphatic heterocycles. The first-order chi connectivity index (χ1) is 25.3. The number of nitrogens with zero attached hydrogens (tertiary/aromatic N) is 2. The van der Waals surface area contributed by atoms with Gasteiger partial charge in [-0.2, -0.15) is 0 Å². The van der Waals surface area contributed by atoms with E-state index in [0.717, 1.165) is 71.7 Å². The molecule has 3 aliphatic rings. The third-order valence-electron chi connectivity index (χ3n) is 9.34. The molecule has 0 saturated heterocycles. The van der Waals surface area contributed by atoms with Gasteiger partial charge in [-0.05, 0) is 103 Å². The summed E-state index contributed by atoms with van der Waals surface area (Å²) < 4.78 is 80.4. The number of carboxylic acid groups (broad SMARTS) is 1. The Labute approximate surface area is 320 Å². The molecule has 7 rings (SSSR count). The monoisotopic (exact) mass is 808 g/mol. The Morgan fingerprint density at radius 1 is 0.792 bits per heavy atom. The molecule has 3 saturated carbocycles. The number of hydrogen-bond donors (Lipinski definition) is 1. The van der Waals surface area contributed by atoms with Crippen molar-refractivity contribution in [2.75, 3.05) is 11.4 Å². The number of anilines is 1. The number of rotatable bonds is 14. The zero-order valence-electron chi connectivity index (χ0n) is 27.8. The minimum atomic E-state index is -2.91. The SMILES string of the molecule is O=C(O)c1ccc(N(Cc2cc(C3CC3)cc(C3CC3)c2)C(=O)CN(Cc2ccc(F)cc2Cl)S(=O)c2c(F)c(Cl)c(F)c(Cl)c2F)c(OC2CC2)c1. The molecule has 4 aromatic rings. The van der Waals surface area contributed by atoms with E-state index < -0.39 is 74.2 Å². The molecule has 0 aromatic heterocycles. The van der Waals surface area contributed by atoms with Crippen molar-refractivity contribution in [3.8, 4) is 5.75 Å². The molecule has 7 nitrogen and oxygen atoms in total. The highest BCUT2D eigenvalue weighted by atomic mass is 35.5. The van der Waals surface area contributed by atoms with Crippen LogP contribution in [-0.4, -0.2) is 38.1 Å². The lowest BCUT2D eigenvalue weighted by Crippen LogP contribution is -2.41. The van der Waals surface area contributed by atoms with E-state index in [2.05, 4.69) is 6.07 Å². The van der Waals surface area contributed by atoms with Crippen LogP contribution in [0, 0.1) is 23.3 Å². The maximum Gasteiger partial charge on any atom is 0.335 e. The van der Waals surface area contributed by atoms with Crippen molar-refractivity contribution in [3.05, 3.63) is 121 Å². The lowest BCUT2D eigenvalue weighted by molar-refractivity contribution is -0.119. The van der Waals surface area contributed by atoms with Gasteiger partial charge in [-0.25, -0.2) is 30.9 Å². The van der Waals surface area contributed by atoms with Crippen molar-refractivity contribution in [1.29, 1.82) is 0 Å². The molecule has 0 heterocycles. The van der Waals surface area contributed by atoms with Gasteiger partial charge in [-0.3, -0.25) is 4.79 Å². The smallest absolute Gasteiger partial charge is 0.335 e. The number of carbonyl (C=O) groups is 2. The zero-order chi connectivity index (χ0) is 37.7. The highest BCUT2D eigenvalue weighted by Gasteiger charge is 2.35. The van der Waals surface area contributed by atoms with Crippen molar-refractivity contribution in [3.63, 3.8) is 0 Å². The fraction of sp³-hybridized carbons (Fsp3) is 0.316. The fourth-order valence-corrected chi connectivity index (χ4v) is 8.10. The summed E-state index contributed by atoms with van der Waals surface area (Å²) in [6.07, 6.45) is 5.44. The fourth-order valence-electron chi connectivity index (χ4n) is 6.08. The van der Waals surface area contributed by atoms with Crippen molar-refractivity contribution in [2.24, 2.45) is 0 Å². The van der Waals surface area contributed by atoms with Gasteiger partial charge in [0.1, 0.15) is 37.5 Å². The standard InChI is InChI=1S/C38H31Cl3F4N2O5S/c39-28-15-26(42)7-5-23(28)17-46(53(51)37-35(44)32(40)34(43)33(41)36(37)45)18-31(48)47(29-10-6-22(38(49)50)14-30(29)52-27-8-9-27)16-19-11-24(20-1-2-20)13-25(12-19)21-3-4-21/h5-7,10-15,20-21,27H,1-4,8-9,16-18H2,(H,49,50). The Kier molecular flexibility index (Phi) is 10.8. The summed E-state index contributed by atoms with van der Waals surface area (Å²) in [4.78, 5) is 26.8. The Morgan fingerprint density at radius 2 is 1.42 bits per heavy atom. The topological polar surface area (TPSA) is 87.2 Å². The molecular formula is C38H31Cl3F4N2O5S. The zero-order valence-corrected chi connectivity index (χ0v) is 30.9. The van der Waals surface area contributed by atoms with Crippen LogP contribution in [0.15, 0.2) is 59.5 Å². The summed E-state index contributed by atoms with van der Waals surface area (Å²) in [7, 11) is -2.91. The van der Waals surface area contributed by atoms with Crippen LogP contribution in [-0.2, 0) is 28.9 Å². The summed E-state index contributed by atoms with van der Waals surface area (Å²) in [5.74, 6) is -6.65. The number of halogens is 7. The molecule has 0 radical (unpaired) electrons. The van der Waals surface area contributed by atoms with Gasteiger partial charge in [0.25, 0.3) is 0 Å². The molecule has 3 fully saturated rings. The molecule has 1 N–H and O–H groups in total. The second-order valence-corrected chi connectivity index (χ2v) is 16.1. The molecule has 53 heavy (non-hydrogen) atoms. The number of ether oxygens (including phenoxy) is 1. The first-order valence-electron chi connectivity index (χ1n) is 16.9. The van der Waals surface area contributed by atoms with Crippen LogP contribution < -0.4 is 9.64 Å².